The van der Waals surface area contributed by atoms with Gasteiger partial charge < -0.3 is 9.47 Å². The summed E-state index contributed by atoms with van der Waals surface area (Å²) in [6, 6.07) is 11.0. The lowest BCUT2D eigenvalue weighted by Crippen LogP contribution is -2.33. The molecule has 0 amide bonds. The van der Waals surface area contributed by atoms with Crippen molar-refractivity contribution in [2.24, 2.45) is 0 Å². The highest BCUT2D eigenvalue weighted by atomic mass is 19.1. The predicted octanol–water partition coefficient (Wildman–Crippen LogP) is 3.41. The number of fused-ring (bicyclic) bond motifs is 1. The van der Waals surface area contributed by atoms with Gasteiger partial charge in [0.15, 0.2) is 0 Å². The Balaban J connectivity index is 1.63. The lowest BCUT2D eigenvalue weighted by atomic mass is 10.2. The van der Waals surface area contributed by atoms with E-state index in [0.29, 0.717) is 6.54 Å². The predicted molar refractivity (Wildman–Crippen MR) is 87.6 cm³/mol. The number of hydrogen-bond acceptors (Lipinski definition) is 3. The van der Waals surface area contributed by atoms with Crippen LogP contribution in [0, 0.1) is 12.7 Å². The number of nitrogens with zero attached hydrogens (tertiary/aromatic N) is 4. The minimum Gasteiger partial charge on any atom is -0.362 e. The summed E-state index contributed by atoms with van der Waals surface area (Å²) in [5.74, 6) is 0.793. The van der Waals surface area contributed by atoms with Crippen molar-refractivity contribution in [2.75, 3.05) is 11.4 Å². The molecular weight excluding hydrogens is 291 g/mol. The molecule has 0 unspecified atom stereocenters. The second-order valence-corrected chi connectivity index (χ2v) is 5.86. The van der Waals surface area contributed by atoms with Gasteiger partial charge >= 0.3 is 0 Å². The summed E-state index contributed by atoms with van der Waals surface area (Å²) >= 11 is 0. The maximum absolute atomic E-state index is 13.6. The van der Waals surface area contributed by atoms with Crippen LogP contribution in [-0.4, -0.2) is 21.1 Å². The van der Waals surface area contributed by atoms with Crippen LogP contribution in [0.15, 0.2) is 48.8 Å². The van der Waals surface area contributed by atoms with Crippen LogP contribution >= 0.6 is 0 Å². The second-order valence-electron chi connectivity index (χ2n) is 5.86. The zero-order valence-electron chi connectivity index (χ0n) is 12.9. The number of imidazole rings is 1. The Labute approximate surface area is 134 Å². The van der Waals surface area contributed by atoms with E-state index in [1.54, 1.807) is 18.3 Å². The number of aryl methyl sites for hydroxylation is 1. The monoisotopic (exact) mass is 308 g/mol. The molecule has 3 aromatic rings. The average Bonchev–Trinajstić information content (AvgIpc) is 2.98. The lowest BCUT2D eigenvalue weighted by molar-refractivity contribution is 0.557. The number of benzene rings is 1. The van der Waals surface area contributed by atoms with Gasteiger partial charge in [-0.15, -0.1) is 0 Å². The first-order chi connectivity index (χ1) is 11.2. The number of hydrogen-bond donors (Lipinski definition) is 0. The summed E-state index contributed by atoms with van der Waals surface area (Å²) in [7, 11) is 0. The number of halogens is 1. The van der Waals surface area contributed by atoms with Gasteiger partial charge in [0.1, 0.15) is 17.3 Å². The van der Waals surface area contributed by atoms with Crippen molar-refractivity contribution < 1.29 is 4.39 Å². The summed E-state index contributed by atoms with van der Waals surface area (Å²) in [5, 5.41) is 0. The molecule has 0 fully saturated rings. The minimum absolute atomic E-state index is 0.192. The molecule has 0 aliphatic carbocycles. The van der Waals surface area contributed by atoms with Gasteiger partial charge in [0, 0.05) is 31.2 Å². The van der Waals surface area contributed by atoms with Crippen molar-refractivity contribution in [1.82, 2.24) is 14.5 Å². The smallest absolute Gasteiger partial charge is 0.129 e. The van der Waals surface area contributed by atoms with Gasteiger partial charge in [-0.1, -0.05) is 6.07 Å². The van der Waals surface area contributed by atoms with Gasteiger partial charge in [-0.05, 0) is 42.8 Å². The molecule has 0 saturated heterocycles. The Morgan fingerprint density at radius 3 is 2.78 bits per heavy atom. The van der Waals surface area contributed by atoms with E-state index in [4.69, 9.17) is 4.98 Å². The van der Waals surface area contributed by atoms with Crippen molar-refractivity contribution in [3.63, 3.8) is 0 Å². The molecule has 0 spiro atoms. The maximum Gasteiger partial charge on any atom is 0.129 e. The molecule has 0 saturated carbocycles. The molecule has 1 aliphatic rings. The maximum atomic E-state index is 13.6. The third-order valence-corrected chi connectivity index (χ3v) is 4.12. The largest absolute Gasteiger partial charge is 0.362 e. The highest BCUT2D eigenvalue weighted by Crippen LogP contribution is 2.25. The number of pyridine rings is 1. The van der Waals surface area contributed by atoms with Crippen LogP contribution in [-0.2, 0) is 13.1 Å². The molecule has 0 bridgehead atoms. The standard InChI is InChI=1S/C18H17FN4/c1-13-8-14(19)10-15(9-13)22-6-7-23-11-17(21-18(23)12-22)16-4-2-3-5-20-16/h2-5,8-11H,6-7,12H2,1H3. The topological polar surface area (TPSA) is 34.0 Å². The molecule has 1 aliphatic heterocycles. The molecule has 2 aromatic heterocycles. The Bertz CT molecular complexity index is 821. The fraction of sp³-hybridized carbons (Fsp3) is 0.222. The number of aromatic nitrogens is 3. The molecule has 23 heavy (non-hydrogen) atoms. The van der Waals surface area contributed by atoms with E-state index >= 15 is 0 Å². The molecule has 0 radical (unpaired) electrons. The molecule has 0 N–H and O–H groups in total. The van der Waals surface area contributed by atoms with Crippen LogP contribution in [0.1, 0.15) is 11.4 Å². The summed E-state index contributed by atoms with van der Waals surface area (Å²) in [6.07, 6.45) is 3.82. The Hall–Kier alpha value is -2.69. The Morgan fingerprint density at radius 1 is 1.09 bits per heavy atom. The zero-order valence-corrected chi connectivity index (χ0v) is 12.9. The summed E-state index contributed by atoms with van der Waals surface area (Å²) in [6.45, 7) is 4.27. The van der Waals surface area contributed by atoms with Crippen LogP contribution < -0.4 is 4.90 Å². The SMILES string of the molecule is Cc1cc(F)cc(N2CCn3cc(-c4ccccn4)nc3C2)c1. The second kappa shape index (κ2) is 5.50. The van der Waals surface area contributed by atoms with Crippen LogP contribution in [0.2, 0.25) is 0 Å². The van der Waals surface area contributed by atoms with Gasteiger partial charge in [0.2, 0.25) is 0 Å². The van der Waals surface area contributed by atoms with Crippen molar-refractivity contribution in [2.45, 2.75) is 20.0 Å². The van der Waals surface area contributed by atoms with E-state index in [2.05, 4.69) is 14.5 Å². The molecule has 4 rings (SSSR count). The van der Waals surface area contributed by atoms with Crippen LogP contribution in [0.5, 0.6) is 0 Å². The normalized spacial score (nSPS) is 13.9. The zero-order chi connectivity index (χ0) is 15.8. The van der Waals surface area contributed by atoms with Crippen LogP contribution in [0.25, 0.3) is 11.4 Å². The van der Waals surface area contributed by atoms with E-state index in [9.17, 15) is 4.39 Å². The van der Waals surface area contributed by atoms with E-state index in [1.165, 1.54) is 0 Å². The van der Waals surface area contributed by atoms with Crippen molar-refractivity contribution in [3.8, 4) is 11.4 Å². The van der Waals surface area contributed by atoms with Gasteiger partial charge in [0.05, 0.1) is 12.2 Å². The molecule has 3 heterocycles. The number of rotatable bonds is 2. The van der Waals surface area contributed by atoms with Crippen molar-refractivity contribution in [3.05, 3.63) is 66.0 Å². The average molecular weight is 308 g/mol. The Kier molecular flexibility index (Phi) is 3.33. The third kappa shape index (κ3) is 2.70. The van der Waals surface area contributed by atoms with E-state index in [1.807, 2.05) is 37.4 Å². The molecule has 116 valence electrons. The van der Waals surface area contributed by atoms with Crippen LogP contribution in [0.4, 0.5) is 10.1 Å². The fourth-order valence-corrected chi connectivity index (χ4v) is 3.01. The highest BCUT2D eigenvalue weighted by molar-refractivity contribution is 5.54. The summed E-state index contributed by atoms with van der Waals surface area (Å²) in [5.41, 5.74) is 3.61. The van der Waals surface area contributed by atoms with Gasteiger partial charge in [-0.25, -0.2) is 9.37 Å². The van der Waals surface area contributed by atoms with E-state index in [0.717, 1.165) is 41.6 Å². The lowest BCUT2D eigenvalue weighted by Gasteiger charge is -2.29. The molecule has 5 heteroatoms. The molecule has 1 aromatic carbocycles. The fourth-order valence-electron chi connectivity index (χ4n) is 3.01. The van der Waals surface area contributed by atoms with Gasteiger partial charge in [-0.3, -0.25) is 4.98 Å². The van der Waals surface area contributed by atoms with Crippen LogP contribution in [0.3, 0.4) is 0 Å². The highest BCUT2D eigenvalue weighted by Gasteiger charge is 2.20. The van der Waals surface area contributed by atoms with Crippen molar-refractivity contribution >= 4 is 5.69 Å². The molecular formula is C18H17FN4. The molecule has 0 atom stereocenters. The quantitative estimate of drug-likeness (QED) is 0.727. The van der Waals surface area contributed by atoms with Crippen molar-refractivity contribution in [1.29, 1.82) is 0 Å². The number of anilines is 1. The first-order valence-corrected chi connectivity index (χ1v) is 7.69. The third-order valence-electron chi connectivity index (χ3n) is 4.12. The Morgan fingerprint density at radius 2 is 2.00 bits per heavy atom. The van der Waals surface area contributed by atoms with Gasteiger partial charge in [0.25, 0.3) is 0 Å². The van der Waals surface area contributed by atoms with E-state index in [-0.39, 0.29) is 5.82 Å². The van der Waals surface area contributed by atoms with E-state index < -0.39 is 0 Å². The summed E-state index contributed by atoms with van der Waals surface area (Å²) < 4.78 is 15.8. The first-order valence-electron chi connectivity index (χ1n) is 7.69. The minimum atomic E-state index is -0.192. The van der Waals surface area contributed by atoms with Gasteiger partial charge in [-0.2, -0.15) is 0 Å². The first kappa shape index (κ1) is 13.9. The summed E-state index contributed by atoms with van der Waals surface area (Å²) in [4.78, 5) is 11.2. The molecule has 4 nitrogen and oxygen atoms in total.